The second kappa shape index (κ2) is 7.92. The molecule has 3 N–H and O–H groups in total. The average Bonchev–Trinajstić information content (AvgIpc) is 2.84. The molecule has 0 bridgehead atoms. The molecule has 7 nitrogen and oxygen atoms in total. The van der Waals surface area contributed by atoms with Gasteiger partial charge in [0, 0.05) is 12.1 Å². The number of halogens is 2. The second-order valence-electron chi connectivity index (χ2n) is 4.05. The van der Waals surface area contributed by atoms with Crippen LogP contribution in [-0.4, -0.2) is 37.6 Å². The van der Waals surface area contributed by atoms with Gasteiger partial charge in [-0.15, -0.1) is 12.4 Å². The Balaban J connectivity index is 0.00000220. The van der Waals surface area contributed by atoms with Crippen molar-refractivity contribution in [3.05, 3.63) is 23.2 Å². The Kier molecular flexibility index (Phi) is 6.54. The molecule has 1 aromatic heterocycles. The normalized spacial score (nSPS) is 11.6. The number of fused-ring (bicyclic) bond motifs is 1. The molecular weight excluding hydrogens is 321 g/mol. The van der Waals surface area contributed by atoms with Gasteiger partial charge >= 0.3 is 6.09 Å². The van der Waals surface area contributed by atoms with Crippen molar-refractivity contribution in [1.29, 1.82) is 0 Å². The van der Waals surface area contributed by atoms with Crippen LogP contribution in [0.1, 0.15) is 0 Å². The Morgan fingerprint density at radius 1 is 1.52 bits per heavy atom. The van der Waals surface area contributed by atoms with E-state index in [4.69, 9.17) is 31.3 Å². The molecular formula is C12H15Cl2N3O4. The fourth-order valence-electron chi connectivity index (χ4n) is 1.48. The maximum Gasteiger partial charge on any atom is 0.406 e. The van der Waals surface area contributed by atoms with Crippen molar-refractivity contribution in [1.82, 2.24) is 10.5 Å². The number of benzene rings is 1. The summed E-state index contributed by atoms with van der Waals surface area (Å²) < 4.78 is 15.3. The van der Waals surface area contributed by atoms with Crippen molar-refractivity contribution in [2.24, 2.45) is 5.73 Å². The van der Waals surface area contributed by atoms with Gasteiger partial charge in [-0.05, 0) is 23.4 Å². The summed E-state index contributed by atoms with van der Waals surface area (Å²) >= 11 is 5.90. The molecule has 2 aromatic rings. The molecule has 9 heteroatoms. The Morgan fingerprint density at radius 2 is 2.29 bits per heavy atom. The number of carbonyl (C=O) groups is 1. The van der Waals surface area contributed by atoms with Crippen LogP contribution < -0.4 is 15.8 Å². The lowest BCUT2D eigenvalue weighted by Gasteiger charge is -2.11. The number of nitrogens with one attached hydrogen (secondary N) is 1. The van der Waals surface area contributed by atoms with E-state index in [-0.39, 0.29) is 25.6 Å². The summed E-state index contributed by atoms with van der Waals surface area (Å²) in [5, 5.41) is 7.33. The molecule has 1 atom stereocenters. The van der Waals surface area contributed by atoms with Crippen LogP contribution >= 0.6 is 24.0 Å². The lowest BCUT2D eigenvalue weighted by atomic mass is 10.2. The fraction of sp³-hybridized carbons (Fsp3) is 0.333. The van der Waals surface area contributed by atoms with Crippen LogP contribution in [0.25, 0.3) is 11.0 Å². The molecule has 21 heavy (non-hydrogen) atoms. The molecule has 1 heterocycles. The summed E-state index contributed by atoms with van der Waals surface area (Å²) in [6, 6.07) is 4.61. The second-order valence-corrected chi connectivity index (χ2v) is 4.48. The molecule has 1 unspecified atom stereocenters. The van der Waals surface area contributed by atoms with E-state index in [9.17, 15) is 4.79 Å². The smallest absolute Gasteiger partial charge is 0.406 e. The van der Waals surface area contributed by atoms with Crippen molar-refractivity contribution in [3.63, 3.8) is 0 Å². The maximum absolute atomic E-state index is 10.9. The first-order valence-corrected chi connectivity index (χ1v) is 6.25. The monoisotopic (exact) mass is 335 g/mol. The van der Waals surface area contributed by atoms with Crippen molar-refractivity contribution < 1.29 is 18.8 Å². The average molecular weight is 336 g/mol. The predicted molar refractivity (Wildman–Crippen MR) is 80.1 cm³/mol. The third-order valence-electron chi connectivity index (χ3n) is 2.47. The van der Waals surface area contributed by atoms with E-state index in [1.165, 1.54) is 7.05 Å². The molecule has 1 amide bonds. The SMILES string of the molecule is CNC(=O)OCC(N)COc1noc2ccc(Cl)cc12.Cl. The van der Waals surface area contributed by atoms with Gasteiger partial charge in [0.2, 0.25) is 0 Å². The number of ether oxygens (including phenoxy) is 2. The summed E-state index contributed by atoms with van der Waals surface area (Å²) in [6.07, 6.45) is -0.542. The Hall–Kier alpha value is -1.70. The highest BCUT2D eigenvalue weighted by atomic mass is 35.5. The summed E-state index contributed by atoms with van der Waals surface area (Å²) in [5.41, 5.74) is 6.32. The van der Waals surface area contributed by atoms with Crippen LogP contribution in [-0.2, 0) is 4.74 Å². The van der Waals surface area contributed by atoms with E-state index in [1.54, 1.807) is 18.2 Å². The molecule has 0 aliphatic heterocycles. The molecule has 0 saturated carbocycles. The van der Waals surface area contributed by atoms with E-state index < -0.39 is 12.1 Å². The maximum atomic E-state index is 10.9. The van der Waals surface area contributed by atoms with Crippen molar-refractivity contribution in [2.45, 2.75) is 6.04 Å². The number of hydrogen-bond donors (Lipinski definition) is 2. The van der Waals surface area contributed by atoms with Gasteiger partial charge in [-0.1, -0.05) is 11.6 Å². The topological polar surface area (TPSA) is 99.6 Å². The fourth-order valence-corrected chi connectivity index (χ4v) is 1.65. The van der Waals surface area contributed by atoms with Crippen molar-refractivity contribution in [2.75, 3.05) is 20.3 Å². The standard InChI is InChI=1S/C12H14ClN3O4.ClH/c1-15-12(17)19-6-8(14)5-18-11-9-4-7(13)2-3-10(9)20-16-11;/h2-4,8H,5-6,14H2,1H3,(H,15,17);1H. The molecule has 2 rings (SSSR count). The molecule has 0 aliphatic rings. The summed E-state index contributed by atoms with van der Waals surface area (Å²) in [5.74, 6) is 0.304. The molecule has 0 spiro atoms. The zero-order valence-corrected chi connectivity index (χ0v) is 12.7. The van der Waals surface area contributed by atoms with Gasteiger partial charge in [0.05, 0.1) is 11.4 Å². The van der Waals surface area contributed by atoms with Gasteiger partial charge in [-0.25, -0.2) is 4.79 Å². The van der Waals surface area contributed by atoms with Crippen molar-refractivity contribution >= 4 is 41.1 Å². The Bertz CT molecular complexity index is 605. The quantitative estimate of drug-likeness (QED) is 0.866. The molecule has 1 aromatic carbocycles. The minimum Gasteiger partial charge on any atom is -0.473 e. The van der Waals surface area contributed by atoms with Crippen molar-refractivity contribution in [3.8, 4) is 5.88 Å². The number of carbonyl (C=O) groups excluding carboxylic acids is 1. The minimum atomic E-state index is -0.542. The van der Waals surface area contributed by atoms with E-state index in [0.29, 0.717) is 21.9 Å². The third-order valence-corrected chi connectivity index (χ3v) is 2.70. The molecule has 0 aliphatic carbocycles. The number of hydrogen-bond acceptors (Lipinski definition) is 6. The van der Waals surface area contributed by atoms with Crippen LogP contribution in [0.2, 0.25) is 5.02 Å². The largest absolute Gasteiger partial charge is 0.473 e. The highest BCUT2D eigenvalue weighted by Crippen LogP contribution is 2.27. The molecule has 0 fully saturated rings. The number of alkyl carbamates (subject to hydrolysis) is 1. The Morgan fingerprint density at radius 3 is 3.00 bits per heavy atom. The minimum absolute atomic E-state index is 0. The van der Waals surface area contributed by atoms with Gasteiger partial charge in [0.25, 0.3) is 5.88 Å². The van der Waals surface area contributed by atoms with Crippen LogP contribution in [0.3, 0.4) is 0 Å². The van der Waals surface area contributed by atoms with Gasteiger partial charge < -0.3 is 25.0 Å². The molecule has 0 radical (unpaired) electrons. The van der Waals surface area contributed by atoms with Gasteiger partial charge in [-0.2, -0.15) is 0 Å². The van der Waals surface area contributed by atoms with Gasteiger partial charge in [0.1, 0.15) is 13.2 Å². The predicted octanol–water partition coefficient (Wildman–Crippen LogP) is 1.97. The van der Waals surface area contributed by atoms with E-state index in [1.807, 2.05) is 0 Å². The van der Waals surface area contributed by atoms with Gasteiger partial charge in [-0.3, -0.25) is 0 Å². The first-order chi connectivity index (χ1) is 9.60. The summed E-state index contributed by atoms with van der Waals surface area (Å²) in [7, 11) is 1.47. The number of amides is 1. The lowest BCUT2D eigenvalue weighted by Crippen LogP contribution is -2.35. The van der Waals surface area contributed by atoms with E-state index in [0.717, 1.165) is 0 Å². The van der Waals surface area contributed by atoms with E-state index in [2.05, 4.69) is 10.5 Å². The lowest BCUT2D eigenvalue weighted by molar-refractivity contribution is 0.129. The van der Waals surface area contributed by atoms with Gasteiger partial charge in [0.15, 0.2) is 5.58 Å². The van der Waals surface area contributed by atoms with E-state index >= 15 is 0 Å². The first kappa shape index (κ1) is 17.4. The van der Waals surface area contributed by atoms with Crippen LogP contribution in [0.15, 0.2) is 22.7 Å². The summed E-state index contributed by atoms with van der Waals surface area (Å²) in [6.45, 7) is 0.168. The zero-order valence-electron chi connectivity index (χ0n) is 11.2. The van der Waals surface area contributed by atoms with Crippen LogP contribution in [0, 0.1) is 0 Å². The Labute approximate surface area is 132 Å². The van der Waals surface area contributed by atoms with Crippen LogP contribution in [0.4, 0.5) is 4.79 Å². The number of aromatic nitrogens is 1. The number of nitrogens with zero attached hydrogens (tertiary/aromatic N) is 1. The molecule has 116 valence electrons. The van der Waals surface area contributed by atoms with Crippen LogP contribution in [0.5, 0.6) is 5.88 Å². The third kappa shape index (κ3) is 4.66. The summed E-state index contributed by atoms with van der Waals surface area (Å²) in [4.78, 5) is 10.9. The molecule has 0 saturated heterocycles. The first-order valence-electron chi connectivity index (χ1n) is 5.88. The number of rotatable bonds is 5. The highest BCUT2D eigenvalue weighted by Gasteiger charge is 2.13. The number of nitrogens with two attached hydrogens (primary N) is 1. The zero-order chi connectivity index (χ0) is 14.5. The highest BCUT2D eigenvalue weighted by molar-refractivity contribution is 6.31.